The van der Waals surface area contributed by atoms with Crippen molar-refractivity contribution in [2.24, 2.45) is 5.92 Å². The van der Waals surface area contributed by atoms with Crippen molar-refractivity contribution in [3.63, 3.8) is 0 Å². The van der Waals surface area contributed by atoms with Crippen molar-refractivity contribution >= 4 is 5.91 Å². The smallest absolute Gasteiger partial charge is 0.254 e. The third-order valence-corrected chi connectivity index (χ3v) is 1.88. The third kappa shape index (κ3) is 2.43. The number of likely N-dealkylation sites (tertiary alicyclic amines) is 1. The standard InChI is InChI=1S/C8H13F2NO/c1-6-4-11(5-6)7(12)3-8(2,9)10/h6H,3-5H2,1-2H3. The lowest BCUT2D eigenvalue weighted by molar-refractivity contribution is -0.143. The van der Waals surface area contributed by atoms with Crippen LogP contribution in [0.3, 0.4) is 0 Å². The lowest BCUT2D eigenvalue weighted by Crippen LogP contribution is -2.49. The number of hydrogen-bond acceptors (Lipinski definition) is 1. The SMILES string of the molecule is CC1CN(C(=O)CC(C)(F)F)C1. The topological polar surface area (TPSA) is 20.3 Å². The first kappa shape index (κ1) is 9.42. The van der Waals surface area contributed by atoms with Crippen LogP contribution in [0.25, 0.3) is 0 Å². The van der Waals surface area contributed by atoms with E-state index in [0.717, 1.165) is 6.92 Å². The summed E-state index contributed by atoms with van der Waals surface area (Å²) in [5.74, 6) is -2.82. The Morgan fingerprint density at radius 3 is 2.42 bits per heavy atom. The fraction of sp³-hybridized carbons (Fsp3) is 0.875. The van der Waals surface area contributed by atoms with E-state index in [1.165, 1.54) is 4.90 Å². The van der Waals surface area contributed by atoms with Gasteiger partial charge in [0.25, 0.3) is 5.92 Å². The lowest BCUT2D eigenvalue weighted by atomic mass is 10.0. The predicted molar refractivity (Wildman–Crippen MR) is 41.0 cm³/mol. The molecule has 1 amide bonds. The molecule has 0 unspecified atom stereocenters. The van der Waals surface area contributed by atoms with Crippen molar-refractivity contribution in [2.45, 2.75) is 26.2 Å². The summed E-state index contributed by atoms with van der Waals surface area (Å²) < 4.78 is 24.7. The number of carbonyl (C=O) groups is 1. The summed E-state index contributed by atoms with van der Waals surface area (Å²) in [4.78, 5) is 12.5. The van der Waals surface area contributed by atoms with Gasteiger partial charge in [-0.2, -0.15) is 0 Å². The Kier molecular flexibility index (Phi) is 2.35. The van der Waals surface area contributed by atoms with Crippen LogP contribution in [0.1, 0.15) is 20.3 Å². The number of carbonyl (C=O) groups excluding carboxylic acids is 1. The summed E-state index contributed by atoms with van der Waals surface area (Å²) in [6.07, 6.45) is -0.653. The highest BCUT2D eigenvalue weighted by molar-refractivity contribution is 5.77. The summed E-state index contributed by atoms with van der Waals surface area (Å²) in [6.45, 7) is 4.03. The van der Waals surface area contributed by atoms with E-state index in [9.17, 15) is 13.6 Å². The maximum atomic E-state index is 12.3. The molecule has 1 fully saturated rings. The largest absolute Gasteiger partial charge is 0.342 e. The molecule has 0 atom stereocenters. The summed E-state index contributed by atoms with van der Waals surface area (Å²) in [7, 11) is 0. The molecule has 0 aromatic rings. The predicted octanol–water partition coefficient (Wildman–Crippen LogP) is 1.51. The highest BCUT2D eigenvalue weighted by atomic mass is 19.3. The number of hydrogen-bond donors (Lipinski definition) is 0. The van der Waals surface area contributed by atoms with Crippen LogP contribution in [0.2, 0.25) is 0 Å². The van der Waals surface area contributed by atoms with Gasteiger partial charge in [-0.1, -0.05) is 6.92 Å². The van der Waals surface area contributed by atoms with E-state index >= 15 is 0 Å². The van der Waals surface area contributed by atoms with Crippen LogP contribution < -0.4 is 0 Å². The molecule has 0 N–H and O–H groups in total. The van der Waals surface area contributed by atoms with Crippen molar-refractivity contribution in [2.75, 3.05) is 13.1 Å². The minimum atomic E-state index is -2.87. The second-order valence-electron chi connectivity index (χ2n) is 3.65. The minimum absolute atomic E-state index is 0.430. The molecule has 0 spiro atoms. The maximum Gasteiger partial charge on any atom is 0.254 e. The average Bonchev–Trinajstić information content (AvgIpc) is 1.76. The Balaban J connectivity index is 2.30. The Labute approximate surface area is 70.5 Å². The first-order valence-electron chi connectivity index (χ1n) is 4.04. The van der Waals surface area contributed by atoms with Crippen LogP contribution in [0, 0.1) is 5.92 Å². The molecule has 1 saturated heterocycles. The molecule has 0 saturated carbocycles. The van der Waals surface area contributed by atoms with Gasteiger partial charge in [-0.15, -0.1) is 0 Å². The molecule has 0 aromatic heterocycles. The molecule has 0 aliphatic carbocycles. The zero-order valence-electron chi connectivity index (χ0n) is 7.31. The molecule has 0 radical (unpaired) electrons. The van der Waals surface area contributed by atoms with Gasteiger partial charge in [0.05, 0.1) is 6.42 Å². The molecule has 4 heteroatoms. The monoisotopic (exact) mass is 177 g/mol. The molecule has 70 valence electrons. The number of halogens is 2. The van der Waals surface area contributed by atoms with Crippen molar-refractivity contribution in [1.82, 2.24) is 4.90 Å². The van der Waals surface area contributed by atoms with Gasteiger partial charge in [0.2, 0.25) is 5.91 Å². The molecular formula is C8H13F2NO. The van der Waals surface area contributed by atoms with Gasteiger partial charge in [0.1, 0.15) is 0 Å². The normalized spacial score (nSPS) is 19.2. The molecule has 1 aliphatic heterocycles. The maximum absolute atomic E-state index is 12.3. The third-order valence-electron chi connectivity index (χ3n) is 1.88. The van der Waals surface area contributed by atoms with Crippen LogP contribution in [0.4, 0.5) is 8.78 Å². The van der Waals surface area contributed by atoms with Crippen LogP contribution in [0.5, 0.6) is 0 Å². The van der Waals surface area contributed by atoms with E-state index in [1.54, 1.807) is 0 Å². The summed E-state index contributed by atoms with van der Waals surface area (Å²) in [5.41, 5.74) is 0. The first-order chi connectivity index (χ1) is 5.38. The van der Waals surface area contributed by atoms with E-state index in [4.69, 9.17) is 0 Å². The van der Waals surface area contributed by atoms with Crippen molar-refractivity contribution in [3.05, 3.63) is 0 Å². The molecule has 2 nitrogen and oxygen atoms in total. The summed E-state index contributed by atoms with van der Waals surface area (Å²) >= 11 is 0. The minimum Gasteiger partial charge on any atom is -0.342 e. The molecule has 12 heavy (non-hydrogen) atoms. The quantitative estimate of drug-likeness (QED) is 0.626. The Morgan fingerprint density at radius 1 is 1.58 bits per heavy atom. The zero-order valence-corrected chi connectivity index (χ0v) is 7.31. The Bertz CT molecular complexity index is 182. The number of amides is 1. The number of nitrogens with zero attached hydrogens (tertiary/aromatic N) is 1. The highest BCUT2D eigenvalue weighted by Crippen LogP contribution is 2.22. The van der Waals surface area contributed by atoms with Crippen molar-refractivity contribution in [1.29, 1.82) is 0 Å². The summed E-state index contributed by atoms with van der Waals surface area (Å²) in [6, 6.07) is 0. The van der Waals surface area contributed by atoms with Gasteiger partial charge < -0.3 is 4.90 Å². The average molecular weight is 177 g/mol. The first-order valence-corrected chi connectivity index (χ1v) is 4.04. The van der Waals surface area contributed by atoms with E-state index in [-0.39, 0.29) is 0 Å². The van der Waals surface area contributed by atoms with Crippen LogP contribution in [-0.4, -0.2) is 29.8 Å². The van der Waals surface area contributed by atoms with E-state index in [2.05, 4.69) is 0 Å². The summed E-state index contributed by atoms with van der Waals surface area (Å²) in [5, 5.41) is 0. The van der Waals surface area contributed by atoms with Crippen LogP contribution >= 0.6 is 0 Å². The van der Waals surface area contributed by atoms with Gasteiger partial charge in [-0.3, -0.25) is 4.79 Å². The van der Waals surface area contributed by atoms with Gasteiger partial charge in [0.15, 0.2) is 0 Å². The molecule has 1 aliphatic rings. The molecule has 0 aromatic carbocycles. The second-order valence-corrected chi connectivity index (χ2v) is 3.65. The van der Waals surface area contributed by atoms with Crippen molar-refractivity contribution < 1.29 is 13.6 Å². The van der Waals surface area contributed by atoms with E-state index in [0.29, 0.717) is 19.0 Å². The number of rotatable bonds is 2. The molecule has 1 heterocycles. The van der Waals surface area contributed by atoms with Crippen molar-refractivity contribution in [3.8, 4) is 0 Å². The van der Waals surface area contributed by atoms with Gasteiger partial charge >= 0.3 is 0 Å². The molecular weight excluding hydrogens is 164 g/mol. The Hall–Kier alpha value is -0.670. The van der Waals surface area contributed by atoms with E-state index in [1.807, 2.05) is 6.92 Å². The fourth-order valence-corrected chi connectivity index (χ4v) is 1.28. The zero-order chi connectivity index (χ0) is 9.35. The Morgan fingerprint density at radius 2 is 2.08 bits per heavy atom. The fourth-order valence-electron chi connectivity index (χ4n) is 1.28. The molecule has 0 bridgehead atoms. The van der Waals surface area contributed by atoms with Gasteiger partial charge in [0, 0.05) is 13.1 Å². The van der Waals surface area contributed by atoms with Crippen LogP contribution in [0.15, 0.2) is 0 Å². The second kappa shape index (κ2) is 2.99. The van der Waals surface area contributed by atoms with E-state index < -0.39 is 18.3 Å². The van der Waals surface area contributed by atoms with Crippen LogP contribution in [-0.2, 0) is 4.79 Å². The molecule has 1 rings (SSSR count). The number of alkyl halides is 2. The highest BCUT2D eigenvalue weighted by Gasteiger charge is 2.33. The lowest BCUT2D eigenvalue weighted by Gasteiger charge is -2.37. The van der Waals surface area contributed by atoms with Gasteiger partial charge in [-0.25, -0.2) is 8.78 Å². The van der Waals surface area contributed by atoms with Gasteiger partial charge in [-0.05, 0) is 12.8 Å².